The van der Waals surface area contributed by atoms with E-state index in [1.54, 1.807) is 4.68 Å². The minimum atomic E-state index is -0.225. The smallest absolute Gasteiger partial charge is 0.183 e. The molecule has 0 radical (unpaired) electrons. The summed E-state index contributed by atoms with van der Waals surface area (Å²) in [6.07, 6.45) is 0. The van der Waals surface area contributed by atoms with Gasteiger partial charge >= 0.3 is 0 Å². The highest BCUT2D eigenvalue weighted by molar-refractivity contribution is 5.97. The first-order chi connectivity index (χ1) is 9.00. The lowest BCUT2D eigenvalue weighted by molar-refractivity contribution is 0.100. The largest absolute Gasteiger partial charge is 0.504 e. The first kappa shape index (κ1) is 13.3. The highest BCUT2D eigenvalue weighted by Crippen LogP contribution is 2.32. The average Bonchev–Trinajstić information content (AvgIpc) is 2.66. The van der Waals surface area contributed by atoms with Gasteiger partial charge in [-0.25, -0.2) is 0 Å². The van der Waals surface area contributed by atoms with Crippen molar-refractivity contribution in [1.29, 1.82) is 0 Å². The van der Waals surface area contributed by atoms with E-state index in [0.717, 1.165) is 5.56 Å². The zero-order valence-corrected chi connectivity index (χ0v) is 11.4. The molecule has 4 heteroatoms. The molecule has 0 saturated heterocycles. The number of aromatic hydroxyl groups is 1. The first-order valence-electron chi connectivity index (χ1n) is 6.36. The Morgan fingerprint density at radius 3 is 2.47 bits per heavy atom. The monoisotopic (exact) mass is 258 g/mol. The summed E-state index contributed by atoms with van der Waals surface area (Å²) in [5.41, 5.74) is 1.61. The van der Waals surface area contributed by atoms with Gasteiger partial charge in [-0.3, -0.25) is 9.48 Å². The molecule has 0 spiro atoms. The molecule has 1 heterocycles. The lowest BCUT2D eigenvalue weighted by Gasteiger charge is -2.09. The third-order valence-corrected chi connectivity index (χ3v) is 2.85. The van der Waals surface area contributed by atoms with Crippen LogP contribution in [0.5, 0.6) is 5.75 Å². The fraction of sp³-hybridized carbons (Fsp3) is 0.333. The van der Waals surface area contributed by atoms with E-state index in [1.807, 2.05) is 30.3 Å². The van der Waals surface area contributed by atoms with Crippen LogP contribution in [0.25, 0.3) is 11.3 Å². The predicted molar refractivity (Wildman–Crippen MR) is 74.2 cm³/mol. The summed E-state index contributed by atoms with van der Waals surface area (Å²) in [6.45, 7) is 6.21. The minimum Gasteiger partial charge on any atom is -0.504 e. The van der Waals surface area contributed by atoms with Crippen molar-refractivity contribution in [3.8, 4) is 17.0 Å². The zero-order valence-electron chi connectivity index (χ0n) is 11.4. The summed E-state index contributed by atoms with van der Waals surface area (Å²) in [4.78, 5) is 11.5. The molecule has 19 heavy (non-hydrogen) atoms. The first-order valence-corrected chi connectivity index (χ1v) is 6.36. The molecule has 100 valence electrons. The molecular weight excluding hydrogens is 240 g/mol. The third kappa shape index (κ3) is 2.67. The molecule has 1 N–H and O–H groups in total. The highest BCUT2D eigenvalue weighted by atomic mass is 16.3. The summed E-state index contributed by atoms with van der Waals surface area (Å²) in [7, 11) is 0. The molecule has 1 aromatic heterocycles. The molecule has 2 rings (SSSR count). The molecular formula is C15H18N2O2. The molecule has 2 aromatic rings. The second kappa shape index (κ2) is 5.26. The third-order valence-electron chi connectivity index (χ3n) is 2.85. The molecule has 0 atom stereocenters. The maximum Gasteiger partial charge on any atom is 0.183 e. The van der Waals surface area contributed by atoms with Crippen molar-refractivity contribution in [3.63, 3.8) is 0 Å². The van der Waals surface area contributed by atoms with Crippen molar-refractivity contribution in [2.45, 2.75) is 27.3 Å². The van der Waals surface area contributed by atoms with Crippen LogP contribution >= 0.6 is 0 Å². The molecule has 0 saturated carbocycles. The van der Waals surface area contributed by atoms with Crippen molar-refractivity contribution in [2.75, 3.05) is 0 Å². The van der Waals surface area contributed by atoms with Crippen molar-refractivity contribution in [2.24, 2.45) is 5.92 Å². The lowest BCUT2D eigenvalue weighted by Crippen LogP contribution is -2.08. The maximum atomic E-state index is 11.5. The zero-order chi connectivity index (χ0) is 14.0. The fourth-order valence-electron chi connectivity index (χ4n) is 2.05. The van der Waals surface area contributed by atoms with Gasteiger partial charge in [0.05, 0.1) is 0 Å². The van der Waals surface area contributed by atoms with E-state index in [-0.39, 0.29) is 17.2 Å². The molecule has 0 amide bonds. The van der Waals surface area contributed by atoms with Crippen LogP contribution in [0, 0.1) is 5.92 Å². The summed E-state index contributed by atoms with van der Waals surface area (Å²) in [5, 5.41) is 14.5. The number of hydrogen-bond acceptors (Lipinski definition) is 3. The van der Waals surface area contributed by atoms with Gasteiger partial charge in [-0.15, -0.1) is 0 Å². The SMILES string of the molecule is CC(=O)c1nn(CC(C)C)c(-c2ccccc2)c1O. The van der Waals surface area contributed by atoms with E-state index < -0.39 is 0 Å². The van der Waals surface area contributed by atoms with Crippen LogP contribution in [0.2, 0.25) is 0 Å². The molecule has 0 unspecified atom stereocenters. The molecule has 0 bridgehead atoms. The fourth-order valence-corrected chi connectivity index (χ4v) is 2.05. The summed E-state index contributed by atoms with van der Waals surface area (Å²) >= 11 is 0. The number of rotatable bonds is 4. The second-order valence-electron chi connectivity index (χ2n) is 5.04. The van der Waals surface area contributed by atoms with Gasteiger partial charge in [-0.2, -0.15) is 5.10 Å². The highest BCUT2D eigenvalue weighted by Gasteiger charge is 2.21. The van der Waals surface area contributed by atoms with Gasteiger partial charge in [0.2, 0.25) is 0 Å². The summed E-state index contributed by atoms with van der Waals surface area (Å²) in [6, 6.07) is 9.51. The van der Waals surface area contributed by atoms with Crippen molar-refractivity contribution >= 4 is 5.78 Å². The van der Waals surface area contributed by atoms with E-state index in [2.05, 4.69) is 18.9 Å². The molecule has 0 aliphatic rings. The maximum absolute atomic E-state index is 11.5. The van der Waals surface area contributed by atoms with Gasteiger partial charge in [-0.1, -0.05) is 44.2 Å². The van der Waals surface area contributed by atoms with Crippen molar-refractivity contribution < 1.29 is 9.90 Å². The lowest BCUT2D eigenvalue weighted by atomic mass is 10.1. The van der Waals surface area contributed by atoms with E-state index >= 15 is 0 Å². The number of Topliss-reactive ketones (excluding diaryl/α,β-unsaturated/α-hetero) is 1. The molecule has 0 aliphatic heterocycles. The van der Waals surface area contributed by atoms with E-state index in [0.29, 0.717) is 18.2 Å². The van der Waals surface area contributed by atoms with Gasteiger partial charge in [-0.05, 0) is 5.92 Å². The quantitative estimate of drug-likeness (QED) is 0.857. The van der Waals surface area contributed by atoms with Crippen LogP contribution in [0.3, 0.4) is 0 Å². The van der Waals surface area contributed by atoms with Crippen LogP contribution in [0.15, 0.2) is 30.3 Å². The normalized spacial score (nSPS) is 10.9. The number of hydrogen-bond donors (Lipinski definition) is 1. The number of nitrogens with zero attached hydrogens (tertiary/aromatic N) is 2. The molecule has 0 fully saturated rings. The number of ketones is 1. The van der Waals surface area contributed by atoms with E-state index in [9.17, 15) is 9.90 Å². The molecule has 4 nitrogen and oxygen atoms in total. The molecule has 0 aliphatic carbocycles. The Balaban J connectivity index is 2.60. The minimum absolute atomic E-state index is 0.0284. The number of carbonyl (C=O) groups excluding carboxylic acids is 1. The van der Waals surface area contributed by atoms with Gasteiger partial charge in [0.15, 0.2) is 17.2 Å². The van der Waals surface area contributed by atoms with Crippen molar-refractivity contribution in [1.82, 2.24) is 9.78 Å². The van der Waals surface area contributed by atoms with E-state index in [4.69, 9.17) is 0 Å². The Morgan fingerprint density at radius 1 is 1.32 bits per heavy atom. The van der Waals surface area contributed by atoms with Gasteiger partial charge in [0.25, 0.3) is 0 Å². The van der Waals surface area contributed by atoms with Crippen LogP contribution < -0.4 is 0 Å². The summed E-state index contributed by atoms with van der Waals surface area (Å²) < 4.78 is 1.71. The Kier molecular flexibility index (Phi) is 3.69. The van der Waals surface area contributed by atoms with Gasteiger partial charge in [0.1, 0.15) is 5.69 Å². The number of aromatic nitrogens is 2. The van der Waals surface area contributed by atoms with Crippen molar-refractivity contribution in [3.05, 3.63) is 36.0 Å². The summed E-state index contributed by atoms with van der Waals surface area (Å²) in [5.74, 6) is 0.123. The van der Waals surface area contributed by atoms with Crippen LogP contribution in [0.1, 0.15) is 31.3 Å². The average molecular weight is 258 g/mol. The predicted octanol–water partition coefficient (Wildman–Crippen LogP) is 3.11. The van der Waals surface area contributed by atoms with Crippen LogP contribution in [0.4, 0.5) is 0 Å². The topological polar surface area (TPSA) is 55.1 Å². The van der Waals surface area contributed by atoms with Gasteiger partial charge in [0, 0.05) is 19.0 Å². The Labute approximate surface area is 112 Å². The van der Waals surface area contributed by atoms with Crippen LogP contribution in [-0.2, 0) is 6.54 Å². The van der Waals surface area contributed by atoms with Gasteiger partial charge < -0.3 is 5.11 Å². The number of benzene rings is 1. The number of carbonyl (C=O) groups is 1. The Hall–Kier alpha value is -2.10. The standard InChI is InChI=1S/C15H18N2O2/c1-10(2)9-17-14(12-7-5-4-6-8-12)15(19)13(16-17)11(3)18/h4-8,10,19H,9H2,1-3H3. The Bertz CT molecular complexity index is 586. The van der Waals surface area contributed by atoms with E-state index in [1.165, 1.54) is 6.92 Å². The van der Waals surface area contributed by atoms with Crippen LogP contribution in [-0.4, -0.2) is 20.7 Å². The Morgan fingerprint density at radius 2 is 1.95 bits per heavy atom. The second-order valence-corrected chi connectivity index (χ2v) is 5.04. The molecule has 1 aromatic carbocycles.